The molecule has 0 saturated carbocycles. The predicted molar refractivity (Wildman–Crippen MR) is 129 cm³/mol. The first-order chi connectivity index (χ1) is 16.0. The Labute approximate surface area is 196 Å². The zero-order chi connectivity index (χ0) is 23.2. The van der Waals surface area contributed by atoms with Gasteiger partial charge in [0.2, 0.25) is 6.54 Å². The lowest BCUT2D eigenvalue weighted by Gasteiger charge is -2.18. The van der Waals surface area contributed by atoms with Crippen molar-refractivity contribution < 1.29 is 9.66 Å². The molecule has 0 aliphatic rings. The third kappa shape index (κ3) is 5.59. The first-order valence-electron chi connectivity index (χ1n) is 10.5. The molecule has 4 rings (SSSR count). The molecule has 3 aromatic carbocycles. The van der Waals surface area contributed by atoms with Gasteiger partial charge < -0.3 is 4.74 Å². The maximum atomic E-state index is 11.6. The molecule has 0 amide bonds. The lowest BCUT2D eigenvalue weighted by molar-refractivity contribution is -0.479. The van der Waals surface area contributed by atoms with E-state index in [-0.39, 0.29) is 11.5 Å². The quantitative estimate of drug-likeness (QED) is 0.184. The molecule has 0 radical (unpaired) electrons. The first kappa shape index (κ1) is 22.5. The average molecular weight is 461 g/mol. The highest BCUT2D eigenvalue weighted by atomic mass is 32.2. The molecule has 8 heteroatoms. The predicted octanol–water partition coefficient (Wildman–Crippen LogP) is 5.57. The number of nitro groups is 1. The molecule has 0 saturated heterocycles. The summed E-state index contributed by atoms with van der Waals surface area (Å²) in [6, 6.07) is 25.3. The largest absolute Gasteiger partial charge is 0.489 e. The summed E-state index contributed by atoms with van der Waals surface area (Å²) in [6.45, 7) is 4.01. The summed E-state index contributed by atoms with van der Waals surface area (Å²) >= 11 is 1.32. The molecule has 0 unspecified atom stereocenters. The van der Waals surface area contributed by atoms with Gasteiger partial charge in [0.1, 0.15) is 23.4 Å². The minimum atomic E-state index is -0.501. The van der Waals surface area contributed by atoms with Crippen LogP contribution in [0.25, 0.3) is 5.69 Å². The van der Waals surface area contributed by atoms with E-state index in [0.717, 1.165) is 28.2 Å². The maximum absolute atomic E-state index is 11.6. The van der Waals surface area contributed by atoms with Crippen LogP contribution >= 0.6 is 11.8 Å². The van der Waals surface area contributed by atoms with E-state index >= 15 is 0 Å². The summed E-state index contributed by atoms with van der Waals surface area (Å²) in [5.41, 5.74) is 3.82. The average Bonchev–Trinajstić information content (AvgIpc) is 3.17. The monoisotopic (exact) mass is 460 g/mol. The fraction of sp³-hybridized carbons (Fsp3) is 0.200. The van der Waals surface area contributed by atoms with Gasteiger partial charge in [-0.1, -0.05) is 72.4 Å². The minimum absolute atomic E-state index is 0.268. The van der Waals surface area contributed by atoms with Crippen molar-refractivity contribution >= 4 is 11.8 Å². The molecular weight excluding hydrogens is 436 g/mol. The van der Waals surface area contributed by atoms with Gasteiger partial charge in [-0.3, -0.25) is 14.7 Å². The van der Waals surface area contributed by atoms with Crippen molar-refractivity contribution in [3.05, 3.63) is 111 Å². The fourth-order valence-electron chi connectivity index (χ4n) is 3.56. The number of nitrogens with zero attached hydrogens (tertiary/aromatic N) is 4. The molecule has 0 aliphatic heterocycles. The van der Waals surface area contributed by atoms with E-state index in [9.17, 15) is 10.1 Å². The standard InChI is InChI=1S/C25H24N4O3S/c1-18-9-8-12-21(15-18)29-19(2)26-27-25(29)33-24(16-28(30)31)22-13-6-7-14-23(22)32-17-20-10-4-3-5-11-20/h3-15,24H,16-17H2,1-2H3/t24-/m0/s1. The lowest BCUT2D eigenvalue weighted by atomic mass is 10.1. The van der Waals surface area contributed by atoms with Crippen LogP contribution in [-0.4, -0.2) is 26.2 Å². The van der Waals surface area contributed by atoms with E-state index in [2.05, 4.69) is 10.2 Å². The Bertz CT molecular complexity index is 1240. The topological polar surface area (TPSA) is 83.1 Å². The number of ether oxygens (including phenoxy) is 1. The molecule has 33 heavy (non-hydrogen) atoms. The van der Waals surface area contributed by atoms with Crippen molar-refractivity contribution in [2.75, 3.05) is 6.54 Å². The minimum Gasteiger partial charge on any atom is -0.489 e. The Balaban J connectivity index is 1.65. The molecule has 4 aromatic rings. The summed E-state index contributed by atoms with van der Waals surface area (Å²) in [4.78, 5) is 11.3. The zero-order valence-electron chi connectivity index (χ0n) is 18.4. The number of rotatable bonds is 9. The zero-order valence-corrected chi connectivity index (χ0v) is 19.2. The summed E-state index contributed by atoms with van der Waals surface area (Å²) in [5, 5.41) is 20.2. The van der Waals surface area contributed by atoms with Gasteiger partial charge in [-0.2, -0.15) is 0 Å². The number of benzene rings is 3. The van der Waals surface area contributed by atoms with Crippen molar-refractivity contribution in [2.24, 2.45) is 0 Å². The maximum Gasteiger partial charge on any atom is 0.220 e. The van der Waals surface area contributed by atoms with Crippen LogP contribution in [0.4, 0.5) is 0 Å². The van der Waals surface area contributed by atoms with Gasteiger partial charge in [-0.25, -0.2) is 0 Å². The van der Waals surface area contributed by atoms with Crippen LogP contribution in [0.3, 0.4) is 0 Å². The molecule has 1 aromatic heterocycles. The van der Waals surface area contributed by atoms with E-state index in [1.165, 1.54) is 11.8 Å². The van der Waals surface area contributed by atoms with Crippen LogP contribution in [0.15, 0.2) is 84.0 Å². The third-order valence-corrected chi connectivity index (χ3v) is 6.28. The highest BCUT2D eigenvalue weighted by Gasteiger charge is 2.26. The molecule has 7 nitrogen and oxygen atoms in total. The van der Waals surface area contributed by atoms with Crippen molar-refractivity contribution in [1.29, 1.82) is 0 Å². The summed E-state index contributed by atoms with van der Waals surface area (Å²) < 4.78 is 8.01. The van der Waals surface area contributed by atoms with Gasteiger partial charge >= 0.3 is 0 Å². The molecular formula is C25H24N4O3S. The van der Waals surface area contributed by atoms with Crippen molar-refractivity contribution in [3.8, 4) is 11.4 Å². The van der Waals surface area contributed by atoms with E-state index in [1.807, 2.05) is 97.3 Å². The number of hydrogen-bond acceptors (Lipinski definition) is 6. The van der Waals surface area contributed by atoms with Crippen molar-refractivity contribution in [3.63, 3.8) is 0 Å². The summed E-state index contributed by atoms with van der Waals surface area (Å²) in [7, 11) is 0. The SMILES string of the molecule is Cc1cccc(-n2c(C)nnc2S[C@@H](C[N+](=O)[O-])c2ccccc2OCc2ccccc2)c1. The second-order valence-electron chi connectivity index (χ2n) is 7.64. The Morgan fingerprint density at radius 1 is 1.00 bits per heavy atom. The summed E-state index contributed by atoms with van der Waals surface area (Å²) in [6.07, 6.45) is 0. The van der Waals surface area contributed by atoms with Crippen molar-refractivity contribution in [1.82, 2.24) is 14.8 Å². The van der Waals surface area contributed by atoms with Crippen LogP contribution in [0.5, 0.6) is 5.75 Å². The fourth-order valence-corrected chi connectivity index (χ4v) is 4.76. The lowest BCUT2D eigenvalue weighted by Crippen LogP contribution is -2.12. The number of aryl methyl sites for hydroxylation is 2. The van der Waals surface area contributed by atoms with Gasteiger partial charge in [0.25, 0.3) is 0 Å². The van der Waals surface area contributed by atoms with E-state index < -0.39 is 5.25 Å². The van der Waals surface area contributed by atoms with Crippen LogP contribution in [-0.2, 0) is 6.61 Å². The van der Waals surface area contributed by atoms with Gasteiger partial charge in [0.05, 0.1) is 0 Å². The van der Waals surface area contributed by atoms with Gasteiger partial charge in [-0.05, 0) is 43.2 Å². The smallest absolute Gasteiger partial charge is 0.220 e. The Morgan fingerprint density at radius 3 is 2.52 bits per heavy atom. The highest BCUT2D eigenvalue weighted by molar-refractivity contribution is 7.99. The molecule has 0 fully saturated rings. The number of hydrogen-bond donors (Lipinski definition) is 0. The molecule has 0 N–H and O–H groups in total. The van der Waals surface area contributed by atoms with Gasteiger partial charge in [0.15, 0.2) is 5.16 Å². The Hall–Kier alpha value is -3.65. The van der Waals surface area contributed by atoms with Crippen LogP contribution in [0.1, 0.15) is 27.8 Å². The van der Waals surface area contributed by atoms with Crippen LogP contribution < -0.4 is 4.74 Å². The number of thioether (sulfide) groups is 1. The van der Waals surface area contributed by atoms with E-state index in [4.69, 9.17) is 4.74 Å². The van der Waals surface area contributed by atoms with E-state index in [0.29, 0.717) is 17.5 Å². The second-order valence-corrected chi connectivity index (χ2v) is 8.81. The molecule has 0 spiro atoms. The number of para-hydroxylation sites is 1. The molecule has 168 valence electrons. The normalized spacial score (nSPS) is 11.8. The van der Waals surface area contributed by atoms with Gasteiger partial charge in [0, 0.05) is 16.2 Å². The van der Waals surface area contributed by atoms with Crippen molar-refractivity contribution in [2.45, 2.75) is 30.9 Å². The summed E-state index contributed by atoms with van der Waals surface area (Å²) in [5.74, 6) is 1.34. The molecule has 0 aliphatic carbocycles. The first-order valence-corrected chi connectivity index (χ1v) is 11.4. The molecule has 0 bridgehead atoms. The van der Waals surface area contributed by atoms with Crippen LogP contribution in [0, 0.1) is 24.0 Å². The van der Waals surface area contributed by atoms with Gasteiger partial charge in [-0.15, -0.1) is 10.2 Å². The number of aromatic nitrogens is 3. The Kier molecular flexibility index (Phi) is 7.04. The van der Waals surface area contributed by atoms with E-state index in [1.54, 1.807) is 0 Å². The second kappa shape index (κ2) is 10.3. The van der Waals surface area contributed by atoms with Crippen LogP contribution in [0.2, 0.25) is 0 Å². The molecule has 1 heterocycles. The molecule has 1 atom stereocenters. The third-order valence-electron chi connectivity index (χ3n) is 5.12. The highest BCUT2D eigenvalue weighted by Crippen LogP contribution is 2.40. The Morgan fingerprint density at radius 2 is 1.76 bits per heavy atom.